The Morgan fingerprint density at radius 3 is 2.31 bits per heavy atom. The van der Waals surface area contributed by atoms with Gasteiger partial charge in [-0.1, -0.05) is 12.2 Å². The molecule has 0 N–H and O–H groups in total. The van der Waals surface area contributed by atoms with Crippen molar-refractivity contribution in [3.8, 4) is 0 Å². The first kappa shape index (κ1) is 11.2. The molecule has 0 radical (unpaired) electrons. The van der Waals surface area contributed by atoms with Crippen molar-refractivity contribution in [3.63, 3.8) is 0 Å². The van der Waals surface area contributed by atoms with Gasteiger partial charge >= 0.3 is 18.1 Å². The number of rotatable bonds is 1. The van der Waals surface area contributed by atoms with Crippen molar-refractivity contribution in [2.45, 2.75) is 19.0 Å². The SMILES string of the molecule is O=C(OC(=O)C(F)(F)F)C1CC2C=CC1C2. The van der Waals surface area contributed by atoms with Gasteiger partial charge in [0.1, 0.15) is 0 Å². The summed E-state index contributed by atoms with van der Waals surface area (Å²) in [6.45, 7) is 0. The highest BCUT2D eigenvalue weighted by Gasteiger charge is 2.46. The van der Waals surface area contributed by atoms with E-state index in [4.69, 9.17) is 0 Å². The van der Waals surface area contributed by atoms with Crippen LogP contribution in [0.5, 0.6) is 0 Å². The van der Waals surface area contributed by atoms with Gasteiger partial charge in [-0.15, -0.1) is 0 Å². The van der Waals surface area contributed by atoms with Gasteiger partial charge in [0.15, 0.2) is 0 Å². The molecule has 6 heteroatoms. The summed E-state index contributed by atoms with van der Waals surface area (Å²) in [4.78, 5) is 21.8. The van der Waals surface area contributed by atoms with Gasteiger partial charge in [0.2, 0.25) is 0 Å². The molecule has 3 atom stereocenters. The number of fused-ring (bicyclic) bond motifs is 2. The average Bonchev–Trinajstić information content (AvgIpc) is 2.76. The monoisotopic (exact) mass is 234 g/mol. The van der Waals surface area contributed by atoms with E-state index in [0.717, 1.165) is 6.42 Å². The zero-order valence-corrected chi connectivity index (χ0v) is 8.16. The Hall–Kier alpha value is -1.33. The van der Waals surface area contributed by atoms with Gasteiger partial charge in [0, 0.05) is 0 Å². The van der Waals surface area contributed by atoms with E-state index in [1.54, 1.807) is 6.08 Å². The quantitative estimate of drug-likeness (QED) is 0.395. The molecule has 1 fully saturated rings. The van der Waals surface area contributed by atoms with Crippen molar-refractivity contribution >= 4 is 11.9 Å². The molecular formula is C10H9F3O3. The van der Waals surface area contributed by atoms with Gasteiger partial charge in [0.25, 0.3) is 0 Å². The molecule has 2 bridgehead atoms. The molecule has 3 unspecified atom stereocenters. The minimum Gasteiger partial charge on any atom is -0.386 e. The van der Waals surface area contributed by atoms with E-state index in [1.165, 1.54) is 0 Å². The van der Waals surface area contributed by atoms with E-state index in [9.17, 15) is 22.8 Å². The Bertz CT molecular complexity index is 359. The fourth-order valence-electron chi connectivity index (χ4n) is 2.28. The van der Waals surface area contributed by atoms with Crippen LogP contribution in [0.3, 0.4) is 0 Å². The molecule has 88 valence electrons. The third kappa shape index (κ3) is 1.96. The van der Waals surface area contributed by atoms with Crippen molar-refractivity contribution in [1.82, 2.24) is 0 Å². The number of allylic oxidation sites excluding steroid dienone is 2. The van der Waals surface area contributed by atoms with Gasteiger partial charge in [-0.3, -0.25) is 4.79 Å². The van der Waals surface area contributed by atoms with Crippen molar-refractivity contribution in [3.05, 3.63) is 12.2 Å². The summed E-state index contributed by atoms with van der Waals surface area (Å²) >= 11 is 0. The number of halogens is 3. The fraction of sp³-hybridized carbons (Fsp3) is 0.600. The maximum Gasteiger partial charge on any atom is 0.491 e. The van der Waals surface area contributed by atoms with Gasteiger partial charge in [-0.2, -0.15) is 13.2 Å². The lowest BCUT2D eigenvalue weighted by atomic mass is 9.94. The number of hydrogen-bond donors (Lipinski definition) is 0. The summed E-state index contributed by atoms with van der Waals surface area (Å²) in [5.74, 6) is -3.91. The number of carbonyl (C=O) groups is 2. The van der Waals surface area contributed by atoms with Crippen LogP contribution >= 0.6 is 0 Å². The molecule has 16 heavy (non-hydrogen) atoms. The van der Waals surface area contributed by atoms with Crippen LogP contribution in [-0.2, 0) is 14.3 Å². The number of ether oxygens (including phenoxy) is 1. The van der Waals surface area contributed by atoms with Crippen LogP contribution in [0.4, 0.5) is 13.2 Å². The van der Waals surface area contributed by atoms with Crippen LogP contribution in [0.15, 0.2) is 12.2 Å². The van der Waals surface area contributed by atoms with Crippen LogP contribution in [-0.4, -0.2) is 18.1 Å². The van der Waals surface area contributed by atoms with Crippen LogP contribution in [0.25, 0.3) is 0 Å². The average molecular weight is 234 g/mol. The first-order valence-corrected chi connectivity index (χ1v) is 4.89. The largest absolute Gasteiger partial charge is 0.491 e. The Morgan fingerprint density at radius 1 is 1.19 bits per heavy atom. The maximum absolute atomic E-state index is 11.8. The first-order valence-electron chi connectivity index (χ1n) is 4.89. The van der Waals surface area contributed by atoms with E-state index in [2.05, 4.69) is 4.74 Å². The minimum atomic E-state index is -5.11. The van der Waals surface area contributed by atoms with Gasteiger partial charge in [-0.25, -0.2) is 4.79 Å². The second-order valence-electron chi connectivity index (χ2n) is 4.09. The molecule has 1 saturated carbocycles. The lowest BCUT2D eigenvalue weighted by Gasteiger charge is -2.15. The fourth-order valence-corrected chi connectivity index (χ4v) is 2.28. The maximum atomic E-state index is 11.8. The standard InChI is InChI=1S/C10H9F3O3/c11-10(12,13)9(15)16-8(14)7-4-5-1-2-6(7)3-5/h1-2,5-7H,3-4H2. The van der Waals surface area contributed by atoms with Crippen molar-refractivity contribution < 1.29 is 27.5 Å². The molecule has 2 aliphatic rings. The highest BCUT2D eigenvalue weighted by Crippen LogP contribution is 2.44. The summed E-state index contributed by atoms with van der Waals surface area (Å²) < 4.78 is 39.3. The Kier molecular flexibility index (Phi) is 2.52. The van der Waals surface area contributed by atoms with E-state index in [-0.39, 0.29) is 11.8 Å². The summed E-state index contributed by atoms with van der Waals surface area (Å²) in [6, 6.07) is 0. The molecule has 0 spiro atoms. The predicted molar refractivity (Wildman–Crippen MR) is 46.0 cm³/mol. The molecule has 0 aromatic heterocycles. The molecule has 2 rings (SSSR count). The van der Waals surface area contributed by atoms with Crippen molar-refractivity contribution in [2.75, 3.05) is 0 Å². The van der Waals surface area contributed by atoms with Crippen LogP contribution < -0.4 is 0 Å². The molecule has 0 aromatic carbocycles. The van der Waals surface area contributed by atoms with Crippen molar-refractivity contribution in [2.24, 2.45) is 17.8 Å². The Labute approximate surface area is 89.3 Å². The highest BCUT2D eigenvalue weighted by atomic mass is 19.4. The van der Waals surface area contributed by atoms with E-state index >= 15 is 0 Å². The lowest BCUT2D eigenvalue weighted by Crippen LogP contribution is -2.32. The summed E-state index contributed by atoms with van der Waals surface area (Å²) in [6.07, 6.45) is -0.119. The molecule has 0 saturated heterocycles. The van der Waals surface area contributed by atoms with Gasteiger partial charge in [-0.05, 0) is 24.7 Å². The second-order valence-corrected chi connectivity index (χ2v) is 4.09. The van der Waals surface area contributed by atoms with Crippen LogP contribution in [0, 0.1) is 17.8 Å². The Morgan fingerprint density at radius 2 is 1.88 bits per heavy atom. The summed E-state index contributed by atoms with van der Waals surface area (Å²) in [5, 5.41) is 0. The van der Waals surface area contributed by atoms with Crippen LogP contribution in [0.1, 0.15) is 12.8 Å². The summed E-state index contributed by atoms with van der Waals surface area (Å²) in [5.41, 5.74) is 0. The smallest absolute Gasteiger partial charge is 0.386 e. The second kappa shape index (κ2) is 3.61. The van der Waals surface area contributed by atoms with Crippen LogP contribution in [0.2, 0.25) is 0 Å². The molecule has 0 aliphatic heterocycles. The molecular weight excluding hydrogens is 225 g/mol. The molecule has 0 heterocycles. The van der Waals surface area contributed by atoms with E-state index in [0.29, 0.717) is 6.42 Å². The predicted octanol–water partition coefficient (Wildman–Crippen LogP) is 1.83. The normalized spacial score (nSPS) is 31.8. The number of hydrogen-bond acceptors (Lipinski definition) is 3. The topological polar surface area (TPSA) is 43.4 Å². The van der Waals surface area contributed by atoms with Gasteiger partial charge < -0.3 is 4.74 Å². The number of alkyl halides is 3. The molecule has 0 aromatic rings. The van der Waals surface area contributed by atoms with Gasteiger partial charge in [0.05, 0.1) is 5.92 Å². The number of esters is 2. The number of carbonyl (C=O) groups excluding carboxylic acids is 2. The molecule has 2 aliphatic carbocycles. The highest BCUT2D eigenvalue weighted by molar-refractivity contribution is 5.90. The molecule has 3 nitrogen and oxygen atoms in total. The summed E-state index contributed by atoms with van der Waals surface area (Å²) in [7, 11) is 0. The van der Waals surface area contributed by atoms with Crippen molar-refractivity contribution in [1.29, 1.82) is 0 Å². The first-order chi connectivity index (χ1) is 7.38. The Balaban J connectivity index is 1.95. The zero-order chi connectivity index (χ0) is 11.9. The third-order valence-corrected chi connectivity index (χ3v) is 3.01. The van der Waals surface area contributed by atoms with E-state index < -0.39 is 24.0 Å². The minimum absolute atomic E-state index is 0.0708. The molecule has 0 amide bonds. The van der Waals surface area contributed by atoms with E-state index in [1.807, 2.05) is 6.08 Å². The lowest BCUT2D eigenvalue weighted by molar-refractivity contribution is -0.203. The zero-order valence-electron chi connectivity index (χ0n) is 8.16. The third-order valence-electron chi connectivity index (χ3n) is 3.01.